The Hall–Kier alpha value is -1.42. The van der Waals surface area contributed by atoms with Gasteiger partial charge in [-0.15, -0.1) is 0 Å². The van der Waals surface area contributed by atoms with Gasteiger partial charge in [-0.05, 0) is 40.6 Å². The molecule has 1 aromatic carbocycles. The highest BCUT2D eigenvalue weighted by molar-refractivity contribution is 7.89. The number of ether oxygens (including phenoxy) is 1. The largest absolute Gasteiger partial charge is 0.416 e. The second kappa shape index (κ2) is 7.64. The summed E-state index contributed by atoms with van der Waals surface area (Å²) in [5.41, 5.74) is -0.225. The zero-order valence-corrected chi connectivity index (χ0v) is 14.4. The zero-order valence-electron chi connectivity index (χ0n) is 12.8. The topological polar surface area (TPSA) is 46.6 Å². The number of methoxy groups -OCH3 is 1. The Kier molecular flexibility index (Phi) is 6.02. The lowest BCUT2D eigenvalue weighted by molar-refractivity contribution is -0.137. The molecule has 0 bridgehead atoms. The van der Waals surface area contributed by atoms with Gasteiger partial charge >= 0.3 is 6.18 Å². The van der Waals surface area contributed by atoms with Crippen molar-refractivity contribution >= 4 is 21.4 Å². The molecule has 0 radical (unpaired) electrons. The molecule has 0 saturated heterocycles. The molecule has 1 heterocycles. The third kappa shape index (κ3) is 4.56. The van der Waals surface area contributed by atoms with Gasteiger partial charge in [-0.1, -0.05) is 6.07 Å². The lowest BCUT2D eigenvalue weighted by Crippen LogP contribution is -2.33. The highest BCUT2D eigenvalue weighted by atomic mass is 32.2. The molecule has 132 valence electrons. The molecule has 2 rings (SSSR count). The molecule has 0 unspecified atom stereocenters. The summed E-state index contributed by atoms with van der Waals surface area (Å²) in [7, 11) is -2.64. The van der Waals surface area contributed by atoms with E-state index in [0.717, 1.165) is 28.1 Å². The van der Waals surface area contributed by atoms with Crippen molar-refractivity contribution < 1.29 is 26.3 Å². The van der Waals surface area contributed by atoms with Crippen LogP contribution >= 0.6 is 11.3 Å². The first-order chi connectivity index (χ1) is 11.2. The maximum Gasteiger partial charge on any atom is 0.416 e. The SMILES string of the molecule is COCCN(Cc1ccsc1)S(=O)(=O)c1cccc(C(F)(F)F)c1. The summed E-state index contributed by atoms with van der Waals surface area (Å²) in [5, 5.41) is 3.60. The van der Waals surface area contributed by atoms with Gasteiger partial charge in [0.2, 0.25) is 10.0 Å². The van der Waals surface area contributed by atoms with Crippen LogP contribution in [0, 0.1) is 0 Å². The quantitative estimate of drug-likeness (QED) is 0.738. The van der Waals surface area contributed by atoms with Gasteiger partial charge in [-0.3, -0.25) is 0 Å². The highest BCUT2D eigenvalue weighted by Gasteiger charge is 2.33. The molecule has 1 aromatic heterocycles. The Labute approximate surface area is 142 Å². The zero-order chi connectivity index (χ0) is 17.8. The van der Waals surface area contributed by atoms with Crippen molar-refractivity contribution in [3.8, 4) is 0 Å². The fraction of sp³-hybridized carbons (Fsp3) is 0.333. The van der Waals surface area contributed by atoms with Crippen LogP contribution in [0.5, 0.6) is 0 Å². The number of hydrogen-bond donors (Lipinski definition) is 0. The summed E-state index contributed by atoms with van der Waals surface area (Å²) in [6, 6.07) is 5.53. The van der Waals surface area contributed by atoms with Gasteiger partial charge < -0.3 is 4.74 Å². The van der Waals surface area contributed by atoms with Crippen LogP contribution in [0.15, 0.2) is 46.0 Å². The number of halogens is 3. The number of thiophene rings is 1. The molecule has 24 heavy (non-hydrogen) atoms. The molecule has 0 fully saturated rings. The Balaban J connectivity index is 2.36. The molecule has 0 spiro atoms. The van der Waals surface area contributed by atoms with Crippen LogP contribution in [0.3, 0.4) is 0 Å². The third-order valence-electron chi connectivity index (χ3n) is 3.28. The van der Waals surface area contributed by atoms with Crippen molar-refractivity contribution in [1.82, 2.24) is 4.31 Å². The van der Waals surface area contributed by atoms with E-state index < -0.39 is 21.8 Å². The predicted octanol–water partition coefficient (Wildman–Crippen LogP) is 3.60. The first-order valence-corrected chi connectivity index (χ1v) is 9.31. The summed E-state index contributed by atoms with van der Waals surface area (Å²) in [5.74, 6) is 0. The number of hydrogen-bond acceptors (Lipinski definition) is 4. The van der Waals surface area contributed by atoms with Crippen LogP contribution in [-0.4, -0.2) is 33.0 Å². The summed E-state index contributed by atoms with van der Waals surface area (Å²) in [6.45, 7) is 0.263. The molecule has 2 aromatic rings. The molecule has 0 aliphatic carbocycles. The first-order valence-electron chi connectivity index (χ1n) is 6.92. The molecular formula is C15H16F3NO3S2. The van der Waals surface area contributed by atoms with Gasteiger partial charge in [0.15, 0.2) is 0 Å². The van der Waals surface area contributed by atoms with Crippen LogP contribution in [0.2, 0.25) is 0 Å². The van der Waals surface area contributed by atoms with E-state index in [0.29, 0.717) is 6.07 Å². The van der Waals surface area contributed by atoms with Crippen LogP contribution in [0.4, 0.5) is 13.2 Å². The van der Waals surface area contributed by atoms with Gasteiger partial charge in [-0.2, -0.15) is 28.8 Å². The normalized spacial score (nSPS) is 12.7. The minimum atomic E-state index is -4.60. The Bertz CT molecular complexity index is 759. The molecule has 0 amide bonds. The second-order valence-corrected chi connectivity index (χ2v) is 7.71. The summed E-state index contributed by atoms with van der Waals surface area (Å²) in [6.07, 6.45) is -4.60. The number of rotatable bonds is 7. The summed E-state index contributed by atoms with van der Waals surface area (Å²) in [4.78, 5) is -0.386. The summed E-state index contributed by atoms with van der Waals surface area (Å²) < 4.78 is 70.1. The van der Waals surface area contributed by atoms with Gasteiger partial charge in [0.05, 0.1) is 17.1 Å². The number of nitrogens with zero attached hydrogens (tertiary/aromatic N) is 1. The average molecular weight is 379 g/mol. The smallest absolute Gasteiger partial charge is 0.383 e. The molecule has 0 saturated carbocycles. The number of sulfonamides is 1. The molecule has 0 aliphatic heterocycles. The molecular weight excluding hydrogens is 363 g/mol. The number of alkyl halides is 3. The lowest BCUT2D eigenvalue weighted by Gasteiger charge is -2.22. The van der Waals surface area contributed by atoms with Gasteiger partial charge in [0.1, 0.15) is 0 Å². The van der Waals surface area contributed by atoms with Crippen molar-refractivity contribution in [2.75, 3.05) is 20.3 Å². The van der Waals surface area contributed by atoms with Crippen LogP contribution < -0.4 is 0 Å². The van der Waals surface area contributed by atoms with Crippen molar-refractivity contribution in [3.05, 3.63) is 52.2 Å². The monoisotopic (exact) mass is 379 g/mol. The van der Waals surface area contributed by atoms with E-state index in [9.17, 15) is 21.6 Å². The van der Waals surface area contributed by atoms with E-state index in [2.05, 4.69) is 0 Å². The second-order valence-electron chi connectivity index (χ2n) is 4.99. The fourth-order valence-electron chi connectivity index (χ4n) is 2.05. The fourth-order valence-corrected chi connectivity index (χ4v) is 4.16. The predicted molar refractivity (Wildman–Crippen MR) is 85.2 cm³/mol. The Morgan fingerprint density at radius 2 is 2.00 bits per heavy atom. The minimum absolute atomic E-state index is 0.0466. The standard InChI is InChI=1S/C15H16F3NO3S2/c1-22-7-6-19(10-12-5-8-23-11-12)24(20,21)14-4-2-3-13(9-14)15(16,17)18/h2-5,8-9,11H,6-7,10H2,1H3. The third-order valence-corrected chi connectivity index (χ3v) is 5.86. The minimum Gasteiger partial charge on any atom is -0.383 e. The average Bonchev–Trinajstić information content (AvgIpc) is 3.03. The highest BCUT2D eigenvalue weighted by Crippen LogP contribution is 2.31. The van der Waals surface area contributed by atoms with Gasteiger partial charge in [-0.25, -0.2) is 8.42 Å². The van der Waals surface area contributed by atoms with Crippen molar-refractivity contribution in [2.45, 2.75) is 17.6 Å². The van der Waals surface area contributed by atoms with Crippen molar-refractivity contribution in [2.24, 2.45) is 0 Å². The molecule has 0 N–H and O–H groups in total. The van der Waals surface area contributed by atoms with Crippen molar-refractivity contribution in [1.29, 1.82) is 0 Å². The maximum atomic E-state index is 12.8. The van der Waals surface area contributed by atoms with E-state index in [1.165, 1.54) is 18.4 Å². The van der Waals surface area contributed by atoms with Crippen LogP contribution in [-0.2, 0) is 27.5 Å². The summed E-state index contributed by atoms with van der Waals surface area (Å²) >= 11 is 1.42. The maximum absolute atomic E-state index is 12.8. The number of benzene rings is 1. The van der Waals surface area contributed by atoms with E-state index in [4.69, 9.17) is 4.74 Å². The van der Waals surface area contributed by atoms with E-state index in [1.54, 1.807) is 16.8 Å². The van der Waals surface area contributed by atoms with Gasteiger partial charge in [0.25, 0.3) is 0 Å². The van der Waals surface area contributed by atoms with Crippen LogP contribution in [0.1, 0.15) is 11.1 Å². The van der Waals surface area contributed by atoms with Gasteiger partial charge in [0, 0.05) is 20.2 Å². The van der Waals surface area contributed by atoms with Crippen LogP contribution in [0.25, 0.3) is 0 Å². The van der Waals surface area contributed by atoms with Crippen molar-refractivity contribution in [3.63, 3.8) is 0 Å². The Morgan fingerprint density at radius 1 is 1.25 bits per heavy atom. The molecule has 9 heteroatoms. The van der Waals surface area contributed by atoms with E-state index >= 15 is 0 Å². The molecule has 0 atom stereocenters. The Morgan fingerprint density at radius 3 is 2.58 bits per heavy atom. The van der Waals surface area contributed by atoms with E-state index in [-0.39, 0.29) is 24.6 Å². The molecule has 0 aliphatic rings. The molecule has 4 nitrogen and oxygen atoms in total. The van der Waals surface area contributed by atoms with E-state index in [1.807, 2.05) is 0 Å². The first kappa shape index (κ1) is 18.9. The lowest BCUT2D eigenvalue weighted by atomic mass is 10.2.